The summed E-state index contributed by atoms with van der Waals surface area (Å²) >= 11 is 0. The molecule has 92 valence electrons. The number of aromatic nitrogens is 2. The number of piperidine rings is 1. The molecule has 0 aromatic carbocycles. The van der Waals surface area contributed by atoms with Crippen LogP contribution < -0.4 is 16.2 Å². The zero-order chi connectivity index (χ0) is 11.8. The van der Waals surface area contributed by atoms with E-state index in [1.807, 2.05) is 0 Å². The summed E-state index contributed by atoms with van der Waals surface area (Å²) in [4.78, 5) is 16.0. The zero-order valence-corrected chi connectivity index (χ0v) is 10.0. The Morgan fingerprint density at radius 1 is 1.41 bits per heavy atom. The highest BCUT2D eigenvalue weighted by Gasteiger charge is 2.33. The summed E-state index contributed by atoms with van der Waals surface area (Å²) in [7, 11) is 1.75. The molecule has 17 heavy (non-hydrogen) atoms. The van der Waals surface area contributed by atoms with Crippen LogP contribution in [0, 0.1) is 0 Å². The van der Waals surface area contributed by atoms with E-state index in [9.17, 15) is 4.79 Å². The maximum absolute atomic E-state index is 11.8. The van der Waals surface area contributed by atoms with Gasteiger partial charge in [0, 0.05) is 37.6 Å². The van der Waals surface area contributed by atoms with Crippen molar-refractivity contribution in [2.24, 2.45) is 7.05 Å². The van der Waals surface area contributed by atoms with Gasteiger partial charge >= 0.3 is 0 Å². The minimum absolute atomic E-state index is 0.0432. The van der Waals surface area contributed by atoms with Crippen LogP contribution in [0.25, 0.3) is 0 Å². The van der Waals surface area contributed by atoms with Crippen LogP contribution in [-0.4, -0.2) is 27.7 Å². The van der Waals surface area contributed by atoms with Crippen molar-refractivity contribution < 1.29 is 0 Å². The Hall–Kier alpha value is -1.36. The molecule has 0 saturated carbocycles. The lowest BCUT2D eigenvalue weighted by Crippen LogP contribution is -2.44. The number of hydrogen-bond donors (Lipinski definition) is 2. The maximum atomic E-state index is 11.8. The molecule has 2 atom stereocenters. The first-order valence-corrected chi connectivity index (χ1v) is 6.26. The molecule has 1 aromatic heterocycles. The molecule has 2 N–H and O–H groups in total. The van der Waals surface area contributed by atoms with Gasteiger partial charge in [0.25, 0.3) is 5.56 Å². The molecule has 0 aliphatic carbocycles. The van der Waals surface area contributed by atoms with E-state index in [2.05, 4.69) is 15.6 Å². The van der Waals surface area contributed by atoms with Gasteiger partial charge in [0.1, 0.15) is 0 Å². The molecule has 2 unspecified atom stereocenters. The number of fused-ring (bicyclic) bond motifs is 2. The SMILES string of the molecule is Cn1ccnc(NC2CC3CCC(C2)N3)c1=O. The number of rotatable bonds is 2. The van der Waals surface area contributed by atoms with Gasteiger partial charge in [-0.3, -0.25) is 4.79 Å². The first kappa shape index (κ1) is 10.8. The molecule has 3 heterocycles. The third-order valence-electron chi connectivity index (χ3n) is 3.83. The van der Waals surface area contributed by atoms with Gasteiger partial charge in [0.2, 0.25) is 0 Å². The second kappa shape index (κ2) is 4.14. The molecule has 2 bridgehead atoms. The number of nitrogens with zero attached hydrogens (tertiary/aromatic N) is 2. The summed E-state index contributed by atoms with van der Waals surface area (Å²) in [6, 6.07) is 1.63. The average Bonchev–Trinajstić information content (AvgIpc) is 2.65. The minimum Gasteiger partial charge on any atom is -0.363 e. The van der Waals surface area contributed by atoms with Crippen molar-refractivity contribution in [2.75, 3.05) is 5.32 Å². The van der Waals surface area contributed by atoms with E-state index in [1.165, 1.54) is 12.8 Å². The molecule has 0 spiro atoms. The number of nitrogens with one attached hydrogen (secondary N) is 2. The molecule has 2 aliphatic rings. The van der Waals surface area contributed by atoms with Crippen LogP contribution in [-0.2, 0) is 7.05 Å². The minimum atomic E-state index is -0.0432. The lowest BCUT2D eigenvalue weighted by atomic mass is 10.00. The fourth-order valence-corrected chi connectivity index (χ4v) is 2.97. The lowest BCUT2D eigenvalue weighted by Gasteiger charge is -2.29. The van der Waals surface area contributed by atoms with Gasteiger partial charge in [-0.2, -0.15) is 0 Å². The Balaban J connectivity index is 1.75. The highest BCUT2D eigenvalue weighted by atomic mass is 16.1. The summed E-state index contributed by atoms with van der Waals surface area (Å²) < 4.78 is 1.56. The highest BCUT2D eigenvalue weighted by Crippen LogP contribution is 2.27. The molecule has 1 aromatic rings. The van der Waals surface area contributed by atoms with Gasteiger partial charge in [-0.15, -0.1) is 0 Å². The number of anilines is 1. The lowest BCUT2D eigenvalue weighted by molar-refractivity contribution is 0.377. The van der Waals surface area contributed by atoms with Crippen LogP contribution >= 0.6 is 0 Å². The van der Waals surface area contributed by atoms with E-state index < -0.39 is 0 Å². The maximum Gasteiger partial charge on any atom is 0.293 e. The predicted octanol–water partition coefficient (Wildman–Crippen LogP) is 0.475. The molecule has 5 nitrogen and oxygen atoms in total. The zero-order valence-electron chi connectivity index (χ0n) is 10.0. The normalized spacial score (nSPS) is 31.5. The molecule has 0 amide bonds. The first-order chi connectivity index (χ1) is 8.22. The predicted molar refractivity (Wildman–Crippen MR) is 66.1 cm³/mol. The monoisotopic (exact) mass is 234 g/mol. The van der Waals surface area contributed by atoms with Crippen molar-refractivity contribution in [3.8, 4) is 0 Å². The highest BCUT2D eigenvalue weighted by molar-refractivity contribution is 5.32. The summed E-state index contributed by atoms with van der Waals surface area (Å²) in [5.74, 6) is 0.487. The Labute approximate surface area is 100 Å². The van der Waals surface area contributed by atoms with E-state index in [1.54, 1.807) is 24.0 Å². The van der Waals surface area contributed by atoms with Crippen molar-refractivity contribution in [1.82, 2.24) is 14.9 Å². The topological polar surface area (TPSA) is 59.0 Å². The standard InChI is InChI=1S/C12H18N4O/c1-16-5-4-13-11(12(16)17)15-10-6-8-2-3-9(7-10)14-8/h4-5,8-10,14H,2-3,6-7H2,1H3,(H,13,15). The van der Waals surface area contributed by atoms with Crippen molar-refractivity contribution in [3.63, 3.8) is 0 Å². The van der Waals surface area contributed by atoms with Gasteiger partial charge in [0.05, 0.1) is 0 Å². The molecule has 5 heteroatoms. The van der Waals surface area contributed by atoms with Crippen LogP contribution in [0.15, 0.2) is 17.2 Å². The second-order valence-electron chi connectivity index (χ2n) is 5.14. The van der Waals surface area contributed by atoms with Crippen molar-refractivity contribution in [1.29, 1.82) is 0 Å². The van der Waals surface area contributed by atoms with Gasteiger partial charge in [-0.25, -0.2) is 4.98 Å². The van der Waals surface area contributed by atoms with Gasteiger partial charge in [-0.1, -0.05) is 0 Å². The van der Waals surface area contributed by atoms with E-state index in [0.717, 1.165) is 12.8 Å². The molecule has 2 saturated heterocycles. The first-order valence-electron chi connectivity index (χ1n) is 6.26. The molecule has 2 aliphatic heterocycles. The Bertz CT molecular complexity index is 458. The van der Waals surface area contributed by atoms with E-state index >= 15 is 0 Å². The molecule has 0 radical (unpaired) electrons. The van der Waals surface area contributed by atoms with E-state index in [-0.39, 0.29) is 5.56 Å². The van der Waals surface area contributed by atoms with E-state index in [0.29, 0.717) is 23.9 Å². The largest absolute Gasteiger partial charge is 0.363 e. The Morgan fingerprint density at radius 3 is 2.82 bits per heavy atom. The Kier molecular flexibility index (Phi) is 2.63. The molecular weight excluding hydrogens is 216 g/mol. The molecular formula is C12H18N4O. The van der Waals surface area contributed by atoms with E-state index in [4.69, 9.17) is 0 Å². The third-order valence-corrected chi connectivity index (χ3v) is 3.83. The van der Waals surface area contributed by atoms with Gasteiger partial charge in [-0.05, 0) is 25.7 Å². The van der Waals surface area contributed by atoms with Crippen LogP contribution in [0.5, 0.6) is 0 Å². The summed E-state index contributed by atoms with van der Waals surface area (Å²) in [6.45, 7) is 0. The summed E-state index contributed by atoms with van der Waals surface area (Å²) in [5, 5.41) is 6.89. The summed E-state index contributed by atoms with van der Waals surface area (Å²) in [6.07, 6.45) is 8.07. The quantitative estimate of drug-likeness (QED) is 0.781. The van der Waals surface area contributed by atoms with Crippen LogP contribution in [0.3, 0.4) is 0 Å². The van der Waals surface area contributed by atoms with Crippen LogP contribution in [0.2, 0.25) is 0 Å². The fraction of sp³-hybridized carbons (Fsp3) is 0.667. The number of hydrogen-bond acceptors (Lipinski definition) is 4. The fourth-order valence-electron chi connectivity index (χ4n) is 2.97. The third kappa shape index (κ3) is 2.07. The van der Waals surface area contributed by atoms with Crippen LogP contribution in [0.1, 0.15) is 25.7 Å². The van der Waals surface area contributed by atoms with Crippen molar-refractivity contribution >= 4 is 5.82 Å². The smallest absolute Gasteiger partial charge is 0.293 e. The van der Waals surface area contributed by atoms with Gasteiger partial charge < -0.3 is 15.2 Å². The molecule has 2 fully saturated rings. The van der Waals surface area contributed by atoms with Gasteiger partial charge in [0.15, 0.2) is 5.82 Å². The number of aryl methyl sites for hydroxylation is 1. The van der Waals surface area contributed by atoms with Crippen LogP contribution in [0.4, 0.5) is 5.82 Å². The summed E-state index contributed by atoms with van der Waals surface area (Å²) in [5.41, 5.74) is -0.0432. The second-order valence-corrected chi connectivity index (χ2v) is 5.14. The molecule has 3 rings (SSSR count). The van der Waals surface area contributed by atoms with Crippen molar-refractivity contribution in [2.45, 2.75) is 43.8 Å². The van der Waals surface area contributed by atoms with Crippen molar-refractivity contribution in [3.05, 3.63) is 22.7 Å². The average molecular weight is 234 g/mol. The Morgan fingerprint density at radius 2 is 2.12 bits per heavy atom.